The van der Waals surface area contributed by atoms with Gasteiger partial charge in [0.25, 0.3) is 5.91 Å². The molecule has 1 aliphatic heterocycles. The number of hydrogen-bond acceptors (Lipinski definition) is 4. The third kappa shape index (κ3) is 3.23. The molecule has 2 heterocycles. The average molecular weight is 263 g/mol. The molecule has 0 radical (unpaired) electrons. The summed E-state index contributed by atoms with van der Waals surface area (Å²) in [6, 6.07) is 3.30. The number of carbonyl (C=O) groups excluding carboxylic acids is 1. The largest absolute Gasteiger partial charge is 0.505 e. The molecular weight excluding hydrogens is 242 g/mol. The van der Waals surface area contributed by atoms with Crippen LogP contribution in [0.1, 0.15) is 37.2 Å². The second-order valence-corrected chi connectivity index (χ2v) is 5.68. The van der Waals surface area contributed by atoms with Crippen LogP contribution >= 0.6 is 0 Å². The SMILES string of the molecule is CC1(C)CCCNC1CNC(=O)c1ncccc1O. The second kappa shape index (κ2) is 5.57. The molecule has 1 atom stereocenters. The number of aromatic hydroxyl groups is 1. The van der Waals surface area contributed by atoms with Crippen LogP contribution in [0.4, 0.5) is 0 Å². The van der Waals surface area contributed by atoms with Crippen LogP contribution in [0.15, 0.2) is 18.3 Å². The van der Waals surface area contributed by atoms with E-state index in [1.165, 1.54) is 18.7 Å². The van der Waals surface area contributed by atoms with E-state index in [0.717, 1.165) is 13.0 Å². The highest BCUT2D eigenvalue weighted by atomic mass is 16.3. The van der Waals surface area contributed by atoms with Crippen LogP contribution in [-0.4, -0.2) is 35.1 Å². The number of pyridine rings is 1. The van der Waals surface area contributed by atoms with Crippen LogP contribution < -0.4 is 10.6 Å². The predicted molar refractivity (Wildman–Crippen MR) is 73.0 cm³/mol. The van der Waals surface area contributed by atoms with Crippen molar-refractivity contribution in [1.29, 1.82) is 0 Å². The van der Waals surface area contributed by atoms with Crippen LogP contribution in [-0.2, 0) is 0 Å². The third-order valence-corrected chi connectivity index (χ3v) is 3.80. The zero-order valence-electron chi connectivity index (χ0n) is 11.4. The van der Waals surface area contributed by atoms with Crippen molar-refractivity contribution in [3.05, 3.63) is 24.0 Å². The lowest BCUT2D eigenvalue weighted by Gasteiger charge is -2.39. The van der Waals surface area contributed by atoms with Crippen molar-refractivity contribution in [2.45, 2.75) is 32.7 Å². The number of piperidine rings is 1. The lowest BCUT2D eigenvalue weighted by atomic mass is 9.77. The summed E-state index contributed by atoms with van der Waals surface area (Å²) in [5, 5.41) is 15.9. The first kappa shape index (κ1) is 13.8. The molecule has 0 bridgehead atoms. The van der Waals surface area contributed by atoms with Gasteiger partial charge in [-0.1, -0.05) is 13.8 Å². The van der Waals surface area contributed by atoms with Crippen molar-refractivity contribution < 1.29 is 9.90 Å². The van der Waals surface area contributed by atoms with Gasteiger partial charge in [-0.25, -0.2) is 4.98 Å². The Hall–Kier alpha value is -1.62. The summed E-state index contributed by atoms with van der Waals surface area (Å²) in [5.74, 6) is -0.419. The Morgan fingerprint density at radius 2 is 2.42 bits per heavy atom. The highest BCUT2D eigenvalue weighted by molar-refractivity contribution is 5.94. The third-order valence-electron chi connectivity index (χ3n) is 3.80. The Balaban J connectivity index is 1.95. The summed E-state index contributed by atoms with van der Waals surface area (Å²) in [6.07, 6.45) is 3.81. The fraction of sp³-hybridized carbons (Fsp3) is 0.571. The Morgan fingerprint density at radius 1 is 1.63 bits per heavy atom. The maximum Gasteiger partial charge on any atom is 0.273 e. The van der Waals surface area contributed by atoms with Gasteiger partial charge in [0.1, 0.15) is 5.75 Å². The second-order valence-electron chi connectivity index (χ2n) is 5.68. The molecule has 1 aliphatic rings. The van der Waals surface area contributed by atoms with Crippen molar-refractivity contribution in [2.75, 3.05) is 13.1 Å². The summed E-state index contributed by atoms with van der Waals surface area (Å²) in [5.41, 5.74) is 0.244. The van der Waals surface area contributed by atoms with Crippen molar-refractivity contribution in [3.63, 3.8) is 0 Å². The molecule has 19 heavy (non-hydrogen) atoms. The van der Waals surface area contributed by atoms with E-state index < -0.39 is 0 Å². The van der Waals surface area contributed by atoms with Crippen molar-refractivity contribution >= 4 is 5.91 Å². The molecule has 1 unspecified atom stereocenters. The van der Waals surface area contributed by atoms with Crippen molar-refractivity contribution in [1.82, 2.24) is 15.6 Å². The summed E-state index contributed by atoms with van der Waals surface area (Å²) >= 11 is 0. The Bertz CT molecular complexity index is 460. The Kier molecular flexibility index (Phi) is 4.04. The lowest BCUT2D eigenvalue weighted by Crippen LogP contribution is -2.52. The highest BCUT2D eigenvalue weighted by Crippen LogP contribution is 2.29. The average Bonchev–Trinajstić information content (AvgIpc) is 2.37. The number of nitrogens with one attached hydrogen (secondary N) is 2. The van der Waals surface area contributed by atoms with Gasteiger partial charge >= 0.3 is 0 Å². The van der Waals surface area contributed by atoms with Gasteiger partial charge in [-0.3, -0.25) is 4.79 Å². The predicted octanol–water partition coefficient (Wildman–Crippen LogP) is 1.30. The topological polar surface area (TPSA) is 74.2 Å². The maximum absolute atomic E-state index is 12.0. The molecule has 1 fully saturated rings. The Labute approximate surface area is 113 Å². The highest BCUT2D eigenvalue weighted by Gasteiger charge is 2.32. The van der Waals surface area contributed by atoms with E-state index in [1.807, 2.05) is 0 Å². The number of hydrogen-bond donors (Lipinski definition) is 3. The normalized spacial score (nSPS) is 21.9. The van der Waals surface area contributed by atoms with E-state index in [2.05, 4.69) is 29.5 Å². The molecule has 104 valence electrons. The van der Waals surface area contributed by atoms with Crippen LogP contribution in [0.5, 0.6) is 5.75 Å². The zero-order valence-corrected chi connectivity index (χ0v) is 11.4. The van der Waals surface area contributed by atoms with Crippen molar-refractivity contribution in [2.24, 2.45) is 5.41 Å². The smallest absolute Gasteiger partial charge is 0.273 e. The van der Waals surface area contributed by atoms with Crippen LogP contribution in [0, 0.1) is 5.41 Å². The fourth-order valence-corrected chi connectivity index (χ4v) is 2.47. The molecular formula is C14H21N3O2. The molecule has 1 aromatic heterocycles. The molecule has 0 saturated carbocycles. The van der Waals surface area contributed by atoms with Gasteiger partial charge in [0.05, 0.1) is 0 Å². The first-order valence-electron chi connectivity index (χ1n) is 6.66. The van der Waals surface area contributed by atoms with Gasteiger partial charge in [-0.2, -0.15) is 0 Å². The van der Waals surface area contributed by atoms with E-state index in [0.29, 0.717) is 6.54 Å². The van der Waals surface area contributed by atoms with E-state index >= 15 is 0 Å². The first-order chi connectivity index (χ1) is 9.00. The first-order valence-corrected chi connectivity index (χ1v) is 6.66. The molecule has 2 rings (SSSR count). The van der Waals surface area contributed by atoms with Crippen LogP contribution in [0.25, 0.3) is 0 Å². The number of aromatic nitrogens is 1. The standard InChI is InChI=1S/C14H21N3O2/c1-14(2)6-4-8-15-11(14)9-17-13(19)12-10(18)5-3-7-16-12/h3,5,7,11,15,18H,4,6,8-9H2,1-2H3,(H,17,19). The maximum atomic E-state index is 12.0. The van der Waals surface area contributed by atoms with Crippen LogP contribution in [0.2, 0.25) is 0 Å². The summed E-state index contributed by atoms with van der Waals surface area (Å²) in [7, 11) is 0. The molecule has 1 aromatic rings. The van der Waals surface area contributed by atoms with Gasteiger partial charge in [0.15, 0.2) is 5.69 Å². The Morgan fingerprint density at radius 3 is 3.11 bits per heavy atom. The number of carbonyl (C=O) groups is 1. The minimum Gasteiger partial charge on any atom is -0.505 e. The van der Waals surface area contributed by atoms with Gasteiger partial charge < -0.3 is 15.7 Å². The van der Waals surface area contributed by atoms with E-state index in [4.69, 9.17) is 0 Å². The number of nitrogens with zero attached hydrogens (tertiary/aromatic N) is 1. The molecule has 0 aromatic carbocycles. The molecule has 5 heteroatoms. The van der Waals surface area contributed by atoms with Gasteiger partial charge in [-0.15, -0.1) is 0 Å². The lowest BCUT2D eigenvalue weighted by molar-refractivity contribution is 0.0921. The zero-order chi connectivity index (χ0) is 13.9. The molecule has 5 nitrogen and oxygen atoms in total. The number of amides is 1. The van der Waals surface area contributed by atoms with E-state index in [-0.39, 0.29) is 28.8 Å². The monoisotopic (exact) mass is 263 g/mol. The van der Waals surface area contributed by atoms with Gasteiger partial charge in [0.2, 0.25) is 0 Å². The molecule has 0 aliphatic carbocycles. The van der Waals surface area contributed by atoms with Gasteiger partial charge in [-0.05, 0) is 36.9 Å². The summed E-state index contributed by atoms with van der Waals surface area (Å²) in [6.45, 7) is 5.93. The minimum absolute atomic E-state index is 0.0797. The molecule has 3 N–H and O–H groups in total. The minimum atomic E-state index is -0.332. The molecule has 1 amide bonds. The molecule has 1 saturated heterocycles. The quantitative estimate of drug-likeness (QED) is 0.768. The van der Waals surface area contributed by atoms with Gasteiger partial charge in [0, 0.05) is 18.8 Å². The summed E-state index contributed by atoms with van der Waals surface area (Å²) < 4.78 is 0. The molecule has 0 spiro atoms. The van der Waals surface area contributed by atoms with Crippen molar-refractivity contribution in [3.8, 4) is 5.75 Å². The van der Waals surface area contributed by atoms with E-state index in [1.54, 1.807) is 6.07 Å². The van der Waals surface area contributed by atoms with E-state index in [9.17, 15) is 9.90 Å². The fourth-order valence-electron chi connectivity index (χ4n) is 2.47. The van der Waals surface area contributed by atoms with Crippen LogP contribution in [0.3, 0.4) is 0 Å². The summed E-state index contributed by atoms with van der Waals surface area (Å²) in [4.78, 5) is 15.9. The number of rotatable bonds is 3.